The van der Waals surface area contributed by atoms with Crippen LogP contribution >= 0.6 is 0 Å². The molecule has 1 unspecified atom stereocenters. The molecule has 0 N–H and O–H groups in total. The standard InChI is InChI=1S/C20H20N2O.C2H6/c1-4-12(2)14-8-9-16-15(10-14)11-18-21-20(23)19-13(3)6-5-7-17(19)22(16)18;1-2/h5-10,12H,4,11H2,1-3H3;1-2H3. The molecule has 1 atom stereocenters. The monoisotopic (exact) mass is 334 g/mol. The van der Waals surface area contributed by atoms with Crippen LogP contribution in [0.25, 0.3) is 16.6 Å². The van der Waals surface area contributed by atoms with E-state index in [1.807, 2.05) is 39.0 Å². The van der Waals surface area contributed by atoms with Crippen LogP contribution in [0.4, 0.5) is 0 Å². The number of aromatic nitrogens is 2. The Balaban J connectivity index is 0.000000880. The van der Waals surface area contributed by atoms with E-state index in [0.717, 1.165) is 40.8 Å². The normalized spacial score (nSPS) is 13.0. The Morgan fingerprint density at radius 2 is 1.96 bits per heavy atom. The van der Waals surface area contributed by atoms with Crippen molar-refractivity contribution in [1.29, 1.82) is 0 Å². The van der Waals surface area contributed by atoms with Gasteiger partial charge < -0.3 is 0 Å². The van der Waals surface area contributed by atoms with E-state index in [1.165, 1.54) is 11.1 Å². The molecule has 25 heavy (non-hydrogen) atoms. The summed E-state index contributed by atoms with van der Waals surface area (Å²) in [6, 6.07) is 12.7. The number of hydrogen-bond donors (Lipinski definition) is 0. The summed E-state index contributed by atoms with van der Waals surface area (Å²) in [6.07, 6.45) is 1.86. The quantitative estimate of drug-likeness (QED) is 0.509. The number of hydrogen-bond acceptors (Lipinski definition) is 2. The highest BCUT2D eigenvalue weighted by atomic mass is 16.1. The van der Waals surface area contributed by atoms with Crippen LogP contribution in [0.2, 0.25) is 0 Å². The Labute approximate surface area is 149 Å². The molecule has 130 valence electrons. The second-order valence-electron chi connectivity index (χ2n) is 6.51. The van der Waals surface area contributed by atoms with E-state index in [9.17, 15) is 4.79 Å². The van der Waals surface area contributed by atoms with Gasteiger partial charge in [0.15, 0.2) is 0 Å². The average Bonchev–Trinajstić information content (AvgIpc) is 3.00. The van der Waals surface area contributed by atoms with E-state index in [1.54, 1.807) is 0 Å². The fourth-order valence-electron chi connectivity index (χ4n) is 3.54. The Morgan fingerprint density at radius 3 is 2.68 bits per heavy atom. The highest BCUT2D eigenvalue weighted by Crippen LogP contribution is 2.32. The van der Waals surface area contributed by atoms with Gasteiger partial charge in [0.25, 0.3) is 5.56 Å². The molecule has 4 rings (SSSR count). The molecule has 2 aromatic carbocycles. The van der Waals surface area contributed by atoms with Crippen molar-refractivity contribution in [1.82, 2.24) is 9.55 Å². The highest BCUT2D eigenvalue weighted by molar-refractivity contribution is 5.84. The van der Waals surface area contributed by atoms with E-state index in [0.29, 0.717) is 5.92 Å². The van der Waals surface area contributed by atoms with E-state index in [-0.39, 0.29) is 5.56 Å². The van der Waals surface area contributed by atoms with Gasteiger partial charge in [-0.3, -0.25) is 9.36 Å². The van der Waals surface area contributed by atoms with Gasteiger partial charge >= 0.3 is 0 Å². The number of rotatable bonds is 2. The summed E-state index contributed by atoms with van der Waals surface area (Å²) in [6.45, 7) is 10.4. The number of nitrogens with zero attached hydrogens (tertiary/aromatic N) is 2. The Bertz CT molecular complexity index is 985. The van der Waals surface area contributed by atoms with Gasteiger partial charge in [0.1, 0.15) is 5.82 Å². The van der Waals surface area contributed by atoms with Gasteiger partial charge in [-0.15, -0.1) is 0 Å². The minimum Gasteiger partial charge on any atom is -0.297 e. The summed E-state index contributed by atoms with van der Waals surface area (Å²) >= 11 is 0. The fourth-order valence-corrected chi connectivity index (χ4v) is 3.54. The maximum absolute atomic E-state index is 12.4. The summed E-state index contributed by atoms with van der Waals surface area (Å²) in [4.78, 5) is 16.8. The molecule has 0 radical (unpaired) electrons. The third-order valence-corrected chi connectivity index (χ3v) is 5.07. The second-order valence-corrected chi connectivity index (χ2v) is 6.51. The third-order valence-electron chi connectivity index (χ3n) is 5.07. The smallest absolute Gasteiger partial charge is 0.281 e. The first-order valence-corrected chi connectivity index (χ1v) is 9.24. The zero-order chi connectivity index (χ0) is 18.1. The van der Waals surface area contributed by atoms with Crippen molar-refractivity contribution < 1.29 is 0 Å². The SMILES string of the molecule is CC.CCC(C)c1ccc2c(c1)Cc1nc(=O)c3c(C)cccc3n1-2. The molecule has 1 aliphatic heterocycles. The molecule has 0 spiro atoms. The first-order valence-electron chi connectivity index (χ1n) is 9.24. The van der Waals surface area contributed by atoms with Crippen LogP contribution in [0, 0.1) is 6.92 Å². The summed E-state index contributed by atoms with van der Waals surface area (Å²) in [5, 5.41) is 0.732. The predicted octanol–water partition coefficient (Wildman–Crippen LogP) is 5.14. The van der Waals surface area contributed by atoms with Gasteiger partial charge in [0.05, 0.1) is 16.6 Å². The van der Waals surface area contributed by atoms with Crippen molar-refractivity contribution in [2.24, 2.45) is 0 Å². The van der Waals surface area contributed by atoms with E-state index in [4.69, 9.17) is 0 Å². The molecule has 3 heteroatoms. The van der Waals surface area contributed by atoms with Gasteiger partial charge in [-0.05, 0) is 48.1 Å². The van der Waals surface area contributed by atoms with Crippen molar-refractivity contribution in [2.45, 2.75) is 53.4 Å². The molecule has 1 aromatic heterocycles. The van der Waals surface area contributed by atoms with E-state index in [2.05, 4.69) is 41.6 Å². The van der Waals surface area contributed by atoms with Crippen LogP contribution in [0.1, 0.15) is 62.5 Å². The molecule has 0 fully saturated rings. The van der Waals surface area contributed by atoms with Crippen LogP contribution < -0.4 is 5.56 Å². The molecule has 1 aliphatic rings. The van der Waals surface area contributed by atoms with Crippen molar-refractivity contribution in [3.05, 3.63) is 69.3 Å². The zero-order valence-electron chi connectivity index (χ0n) is 15.8. The van der Waals surface area contributed by atoms with Gasteiger partial charge in [-0.1, -0.05) is 52.0 Å². The number of benzene rings is 2. The minimum absolute atomic E-state index is 0.112. The first kappa shape index (κ1) is 17.4. The van der Waals surface area contributed by atoms with Crippen LogP contribution in [0.5, 0.6) is 0 Å². The van der Waals surface area contributed by atoms with Gasteiger partial charge in [0, 0.05) is 6.42 Å². The number of fused-ring (bicyclic) bond motifs is 5. The second kappa shape index (κ2) is 6.83. The Hall–Kier alpha value is -2.42. The lowest BCUT2D eigenvalue weighted by molar-refractivity contribution is 0.732. The molecule has 0 bridgehead atoms. The summed E-state index contributed by atoms with van der Waals surface area (Å²) in [7, 11) is 0. The maximum Gasteiger partial charge on any atom is 0.281 e. The van der Waals surface area contributed by atoms with Crippen LogP contribution in [0.15, 0.2) is 41.2 Å². The Morgan fingerprint density at radius 1 is 1.20 bits per heavy atom. The molecule has 3 nitrogen and oxygen atoms in total. The molecule has 0 aliphatic carbocycles. The third kappa shape index (κ3) is 2.78. The van der Waals surface area contributed by atoms with E-state index < -0.39 is 0 Å². The van der Waals surface area contributed by atoms with E-state index >= 15 is 0 Å². The highest BCUT2D eigenvalue weighted by Gasteiger charge is 2.23. The van der Waals surface area contributed by atoms with Crippen molar-refractivity contribution in [2.75, 3.05) is 0 Å². The lowest BCUT2D eigenvalue weighted by Crippen LogP contribution is -2.15. The van der Waals surface area contributed by atoms with Crippen LogP contribution in [-0.4, -0.2) is 9.55 Å². The predicted molar refractivity (Wildman–Crippen MR) is 105 cm³/mol. The largest absolute Gasteiger partial charge is 0.297 e. The molecule has 3 aromatic rings. The number of aryl methyl sites for hydroxylation is 1. The lowest BCUT2D eigenvalue weighted by Gasteiger charge is -2.13. The minimum atomic E-state index is -0.112. The molecule has 0 amide bonds. The van der Waals surface area contributed by atoms with Crippen LogP contribution in [0.3, 0.4) is 0 Å². The van der Waals surface area contributed by atoms with Crippen molar-refractivity contribution in [3.63, 3.8) is 0 Å². The molecule has 0 saturated carbocycles. The fraction of sp³-hybridized carbons (Fsp3) is 0.364. The van der Waals surface area contributed by atoms with Crippen molar-refractivity contribution >= 4 is 10.9 Å². The topological polar surface area (TPSA) is 34.9 Å². The summed E-state index contributed by atoms with van der Waals surface area (Å²) in [5.41, 5.74) is 5.63. The average molecular weight is 334 g/mol. The van der Waals surface area contributed by atoms with Crippen molar-refractivity contribution in [3.8, 4) is 5.69 Å². The maximum atomic E-state index is 12.4. The molecular weight excluding hydrogens is 308 g/mol. The Kier molecular flexibility index (Phi) is 4.76. The summed E-state index contributed by atoms with van der Waals surface area (Å²) in [5.74, 6) is 1.40. The van der Waals surface area contributed by atoms with Gasteiger partial charge in [-0.2, -0.15) is 4.98 Å². The van der Waals surface area contributed by atoms with Crippen LogP contribution in [-0.2, 0) is 6.42 Å². The molecule has 0 saturated heterocycles. The van der Waals surface area contributed by atoms with Gasteiger partial charge in [-0.25, -0.2) is 0 Å². The first-order chi connectivity index (χ1) is 12.1. The lowest BCUT2D eigenvalue weighted by atomic mass is 9.96. The molecular formula is C22H26N2O. The summed E-state index contributed by atoms with van der Waals surface area (Å²) < 4.78 is 2.15. The zero-order valence-corrected chi connectivity index (χ0v) is 15.8. The molecule has 2 heterocycles. The van der Waals surface area contributed by atoms with Gasteiger partial charge in [0.2, 0.25) is 0 Å².